The van der Waals surface area contributed by atoms with Crippen LogP contribution in [0.5, 0.6) is 5.75 Å². The van der Waals surface area contributed by atoms with Gasteiger partial charge in [-0.15, -0.1) is 0 Å². The number of carbonyl (C=O) groups is 1. The monoisotopic (exact) mass is 453 g/mol. The fraction of sp³-hybridized carbons (Fsp3) is 0.323. The van der Waals surface area contributed by atoms with Crippen LogP contribution in [0.1, 0.15) is 67.1 Å². The Kier molecular flexibility index (Phi) is 7.84. The number of hydrogen-bond donors (Lipinski definition) is 1. The first kappa shape index (κ1) is 23.8. The number of ether oxygens (including phenoxy) is 1. The lowest BCUT2D eigenvalue weighted by atomic mass is 10.00. The van der Waals surface area contributed by atoms with Gasteiger partial charge >= 0.3 is 0 Å². The number of aromatic amines is 1. The van der Waals surface area contributed by atoms with Crippen LogP contribution in [0.25, 0.3) is 10.9 Å². The molecule has 1 atom stereocenters. The summed E-state index contributed by atoms with van der Waals surface area (Å²) >= 11 is 0. The molecule has 4 aromatic rings. The highest BCUT2D eigenvalue weighted by molar-refractivity contribution is 6.16. The van der Waals surface area contributed by atoms with Crippen molar-refractivity contribution < 1.29 is 9.53 Å². The van der Waals surface area contributed by atoms with Crippen molar-refractivity contribution in [3.05, 3.63) is 101 Å². The number of H-pyrrole nitrogens is 1. The molecule has 176 valence electrons. The lowest BCUT2D eigenvalue weighted by Gasteiger charge is -2.15. The van der Waals surface area contributed by atoms with E-state index in [1.165, 1.54) is 17.5 Å². The summed E-state index contributed by atoms with van der Waals surface area (Å²) < 4.78 is 6.10. The number of nitrogens with one attached hydrogen (secondary N) is 1. The maximum absolute atomic E-state index is 13.0. The van der Waals surface area contributed by atoms with Gasteiger partial charge in [0.2, 0.25) is 0 Å². The van der Waals surface area contributed by atoms with Crippen LogP contribution in [-0.2, 0) is 12.8 Å². The van der Waals surface area contributed by atoms with Crippen molar-refractivity contribution in [2.75, 3.05) is 0 Å². The molecule has 34 heavy (non-hydrogen) atoms. The smallest absolute Gasteiger partial charge is 0.195 e. The van der Waals surface area contributed by atoms with Gasteiger partial charge in [0, 0.05) is 28.2 Å². The molecule has 0 spiro atoms. The predicted octanol–water partition coefficient (Wildman–Crippen LogP) is 7.78. The third-order valence-electron chi connectivity index (χ3n) is 6.40. The maximum Gasteiger partial charge on any atom is 0.195 e. The highest BCUT2D eigenvalue weighted by Gasteiger charge is 2.14. The Morgan fingerprint density at radius 1 is 0.824 bits per heavy atom. The fourth-order valence-electron chi connectivity index (χ4n) is 4.31. The lowest BCUT2D eigenvalue weighted by molar-refractivity contribution is 0.104. The second-order valence-electron chi connectivity index (χ2n) is 9.67. The molecule has 0 aliphatic rings. The number of aromatic nitrogens is 1. The molecule has 0 bridgehead atoms. The van der Waals surface area contributed by atoms with Crippen LogP contribution in [0, 0.1) is 5.92 Å². The second kappa shape index (κ2) is 11.2. The second-order valence-corrected chi connectivity index (χ2v) is 9.67. The van der Waals surface area contributed by atoms with Gasteiger partial charge in [0.25, 0.3) is 0 Å². The molecule has 1 aromatic heterocycles. The number of benzene rings is 3. The molecule has 3 aromatic carbocycles. The van der Waals surface area contributed by atoms with Gasteiger partial charge in [-0.25, -0.2) is 0 Å². The zero-order valence-corrected chi connectivity index (χ0v) is 20.5. The Morgan fingerprint density at radius 2 is 1.50 bits per heavy atom. The van der Waals surface area contributed by atoms with Gasteiger partial charge in [-0.2, -0.15) is 0 Å². The van der Waals surface area contributed by atoms with Crippen LogP contribution >= 0.6 is 0 Å². The zero-order valence-electron chi connectivity index (χ0n) is 20.5. The van der Waals surface area contributed by atoms with Gasteiger partial charge in [0.05, 0.1) is 6.10 Å². The van der Waals surface area contributed by atoms with Crippen molar-refractivity contribution in [3.8, 4) is 5.75 Å². The molecule has 0 fully saturated rings. The van der Waals surface area contributed by atoms with Gasteiger partial charge < -0.3 is 9.72 Å². The van der Waals surface area contributed by atoms with Crippen molar-refractivity contribution in [1.29, 1.82) is 0 Å². The molecule has 0 amide bonds. The van der Waals surface area contributed by atoms with E-state index in [0.717, 1.165) is 48.3 Å². The number of para-hydroxylation sites is 1. The van der Waals surface area contributed by atoms with Crippen LogP contribution in [0.3, 0.4) is 0 Å². The van der Waals surface area contributed by atoms with Crippen LogP contribution in [-0.4, -0.2) is 16.9 Å². The molecule has 1 N–H and O–H groups in total. The third-order valence-corrected chi connectivity index (χ3v) is 6.40. The number of carbonyl (C=O) groups excluding carboxylic acids is 1. The molecule has 4 rings (SSSR count). The summed E-state index contributed by atoms with van der Waals surface area (Å²) in [5.41, 5.74) is 5.16. The predicted molar refractivity (Wildman–Crippen MR) is 141 cm³/mol. The van der Waals surface area contributed by atoms with E-state index in [1.807, 2.05) is 48.5 Å². The molecule has 1 heterocycles. The number of hydrogen-bond acceptors (Lipinski definition) is 2. The van der Waals surface area contributed by atoms with Crippen LogP contribution in [0.4, 0.5) is 0 Å². The van der Waals surface area contributed by atoms with Crippen molar-refractivity contribution in [2.24, 2.45) is 5.92 Å². The Bertz CT molecular complexity index is 1200. The lowest BCUT2D eigenvalue weighted by Crippen LogP contribution is -2.12. The molecule has 0 radical (unpaired) electrons. The highest BCUT2D eigenvalue weighted by atomic mass is 16.5. The normalized spacial score (nSPS) is 12.2. The molecule has 3 heteroatoms. The van der Waals surface area contributed by atoms with Crippen LogP contribution in [0.15, 0.2) is 79.0 Å². The first-order valence-corrected chi connectivity index (χ1v) is 12.4. The molecular weight excluding hydrogens is 418 g/mol. The molecule has 0 saturated carbocycles. The summed E-state index contributed by atoms with van der Waals surface area (Å²) in [5.74, 6) is 1.57. The van der Waals surface area contributed by atoms with Gasteiger partial charge in [-0.05, 0) is 86.4 Å². The molecule has 3 nitrogen and oxygen atoms in total. The van der Waals surface area contributed by atoms with Crippen molar-refractivity contribution in [2.45, 2.75) is 59.0 Å². The van der Waals surface area contributed by atoms with E-state index < -0.39 is 0 Å². The molecule has 0 aliphatic heterocycles. The summed E-state index contributed by atoms with van der Waals surface area (Å²) in [7, 11) is 0. The Labute approximate surface area is 203 Å². The Morgan fingerprint density at radius 3 is 2.21 bits per heavy atom. The van der Waals surface area contributed by atoms with Crippen molar-refractivity contribution >= 4 is 16.7 Å². The minimum atomic E-state index is 0.0206. The van der Waals surface area contributed by atoms with E-state index in [0.29, 0.717) is 11.1 Å². The third kappa shape index (κ3) is 6.17. The average molecular weight is 454 g/mol. The van der Waals surface area contributed by atoms with E-state index in [4.69, 9.17) is 4.74 Å². The summed E-state index contributed by atoms with van der Waals surface area (Å²) in [5, 5.41) is 0.951. The summed E-state index contributed by atoms with van der Waals surface area (Å²) in [6, 6.07) is 24.5. The molecule has 1 unspecified atom stereocenters. The van der Waals surface area contributed by atoms with E-state index >= 15 is 0 Å². The first-order chi connectivity index (χ1) is 16.5. The molecule has 0 aliphatic carbocycles. The fourth-order valence-corrected chi connectivity index (χ4v) is 4.31. The Hall–Kier alpha value is -3.33. The number of ketones is 1. The standard InChI is InChI=1S/C31H35NO2/c1-22(2)11-12-25-15-13-24(14-16-25)8-6-7-23(3)34-27-19-17-26(18-20-27)31(33)29-21-32-30-10-5-4-9-28(29)30/h4-5,9-10,13-23,32H,6-8,11-12H2,1-3H3. The maximum atomic E-state index is 13.0. The minimum absolute atomic E-state index is 0.0206. The first-order valence-electron chi connectivity index (χ1n) is 12.4. The van der Waals surface area contributed by atoms with Gasteiger partial charge in [-0.1, -0.05) is 56.3 Å². The van der Waals surface area contributed by atoms with Crippen LogP contribution in [0.2, 0.25) is 0 Å². The molecular formula is C31H35NO2. The van der Waals surface area contributed by atoms with Crippen molar-refractivity contribution in [3.63, 3.8) is 0 Å². The summed E-state index contributed by atoms with van der Waals surface area (Å²) in [6.07, 6.45) is 7.46. The van der Waals surface area contributed by atoms with Gasteiger partial charge in [0.15, 0.2) is 5.78 Å². The largest absolute Gasteiger partial charge is 0.491 e. The van der Waals surface area contributed by atoms with E-state index in [9.17, 15) is 4.79 Å². The number of rotatable bonds is 11. The molecule has 0 saturated heterocycles. The SMILES string of the molecule is CC(C)CCc1ccc(CCCC(C)Oc2ccc(C(=O)c3c[nH]c4ccccc34)cc2)cc1. The zero-order chi connectivity index (χ0) is 23.9. The van der Waals surface area contributed by atoms with Crippen LogP contribution < -0.4 is 4.74 Å². The quantitative estimate of drug-likeness (QED) is 0.236. The van der Waals surface area contributed by atoms with Gasteiger partial charge in [0.1, 0.15) is 5.75 Å². The summed E-state index contributed by atoms with van der Waals surface area (Å²) in [4.78, 5) is 16.1. The van der Waals surface area contributed by atoms with E-state index in [2.05, 4.69) is 50.0 Å². The minimum Gasteiger partial charge on any atom is -0.491 e. The van der Waals surface area contributed by atoms with E-state index in [1.54, 1.807) is 6.20 Å². The summed E-state index contributed by atoms with van der Waals surface area (Å²) in [6.45, 7) is 6.66. The Balaban J connectivity index is 1.25. The van der Waals surface area contributed by atoms with Crippen molar-refractivity contribution in [1.82, 2.24) is 4.98 Å². The average Bonchev–Trinajstić information content (AvgIpc) is 3.28. The number of aryl methyl sites for hydroxylation is 2. The topological polar surface area (TPSA) is 42.1 Å². The van der Waals surface area contributed by atoms with Gasteiger partial charge in [-0.3, -0.25) is 4.79 Å². The number of fused-ring (bicyclic) bond motifs is 1. The highest BCUT2D eigenvalue weighted by Crippen LogP contribution is 2.23. The van der Waals surface area contributed by atoms with E-state index in [-0.39, 0.29) is 11.9 Å².